The lowest BCUT2D eigenvalue weighted by atomic mass is 9.96. The van der Waals surface area contributed by atoms with Crippen LogP contribution in [0.3, 0.4) is 0 Å². The van der Waals surface area contributed by atoms with Gasteiger partial charge in [-0.1, -0.05) is 12.1 Å². The van der Waals surface area contributed by atoms with Crippen molar-refractivity contribution in [2.24, 2.45) is 0 Å². The van der Waals surface area contributed by atoms with Gasteiger partial charge in [0.1, 0.15) is 5.82 Å². The van der Waals surface area contributed by atoms with Crippen molar-refractivity contribution in [2.45, 2.75) is 55.2 Å². The van der Waals surface area contributed by atoms with Gasteiger partial charge < -0.3 is 10.6 Å². The zero-order valence-electron chi connectivity index (χ0n) is 16.0. The van der Waals surface area contributed by atoms with Crippen LogP contribution in [0.25, 0.3) is 0 Å². The Balaban J connectivity index is 1.31. The standard InChI is InChI=1S/C22H26FN3OS/c1-28-21-10-6-17(7-11-21)24-22(27)25-18-12-19-8-9-20(13-18)26(19)14-15-2-4-16(23)5-3-15/h2-7,10-11,18-20H,8-9,12-14H2,1H3,(H2,24,25,27)/t18?,19-,20+. The Morgan fingerprint density at radius 3 is 2.32 bits per heavy atom. The number of urea groups is 1. The highest BCUT2D eigenvalue weighted by Crippen LogP contribution is 2.36. The molecule has 0 aromatic heterocycles. The lowest BCUT2D eigenvalue weighted by Crippen LogP contribution is -2.50. The first-order chi connectivity index (χ1) is 13.6. The molecule has 2 aromatic carbocycles. The van der Waals surface area contributed by atoms with E-state index in [9.17, 15) is 9.18 Å². The molecule has 4 rings (SSSR count). The van der Waals surface area contributed by atoms with E-state index < -0.39 is 0 Å². The Morgan fingerprint density at radius 2 is 1.71 bits per heavy atom. The molecule has 2 heterocycles. The summed E-state index contributed by atoms with van der Waals surface area (Å²) in [6.07, 6.45) is 6.31. The molecule has 2 aliphatic heterocycles. The second-order valence-electron chi connectivity index (χ2n) is 7.68. The molecule has 28 heavy (non-hydrogen) atoms. The van der Waals surface area contributed by atoms with Gasteiger partial charge in [0.2, 0.25) is 0 Å². The Morgan fingerprint density at radius 1 is 1.07 bits per heavy atom. The van der Waals surface area contributed by atoms with Gasteiger partial charge >= 0.3 is 6.03 Å². The summed E-state index contributed by atoms with van der Waals surface area (Å²) in [6.45, 7) is 0.857. The van der Waals surface area contributed by atoms with E-state index in [4.69, 9.17) is 0 Å². The molecular formula is C22H26FN3OS. The number of carbonyl (C=O) groups excluding carboxylic acids is 1. The Kier molecular flexibility index (Phi) is 5.87. The second-order valence-corrected chi connectivity index (χ2v) is 8.56. The van der Waals surface area contributed by atoms with Crippen LogP contribution >= 0.6 is 11.8 Å². The van der Waals surface area contributed by atoms with E-state index >= 15 is 0 Å². The van der Waals surface area contributed by atoms with Crippen LogP contribution in [-0.4, -0.2) is 35.3 Å². The molecule has 0 radical (unpaired) electrons. The highest BCUT2D eigenvalue weighted by Gasteiger charge is 2.40. The van der Waals surface area contributed by atoms with Crippen LogP contribution < -0.4 is 10.6 Å². The number of nitrogens with one attached hydrogen (secondary N) is 2. The van der Waals surface area contributed by atoms with Crippen molar-refractivity contribution < 1.29 is 9.18 Å². The molecule has 1 unspecified atom stereocenters. The number of rotatable bonds is 5. The van der Waals surface area contributed by atoms with E-state index in [1.807, 2.05) is 42.7 Å². The average Bonchev–Trinajstić information content (AvgIpc) is 2.92. The van der Waals surface area contributed by atoms with E-state index in [-0.39, 0.29) is 17.9 Å². The highest BCUT2D eigenvalue weighted by atomic mass is 32.2. The maximum atomic E-state index is 13.1. The zero-order chi connectivity index (χ0) is 19.5. The molecule has 0 aliphatic carbocycles. The summed E-state index contributed by atoms with van der Waals surface area (Å²) in [4.78, 5) is 16.1. The van der Waals surface area contributed by atoms with Crippen molar-refractivity contribution in [2.75, 3.05) is 11.6 Å². The van der Waals surface area contributed by atoms with Crippen molar-refractivity contribution in [3.63, 3.8) is 0 Å². The molecule has 2 amide bonds. The topological polar surface area (TPSA) is 44.4 Å². The monoisotopic (exact) mass is 399 g/mol. The first-order valence-corrected chi connectivity index (χ1v) is 11.0. The fourth-order valence-corrected chi connectivity index (χ4v) is 4.89. The van der Waals surface area contributed by atoms with Gasteiger partial charge in [-0.3, -0.25) is 4.90 Å². The highest BCUT2D eigenvalue weighted by molar-refractivity contribution is 7.98. The number of halogens is 1. The van der Waals surface area contributed by atoms with Crippen molar-refractivity contribution in [1.29, 1.82) is 0 Å². The number of hydrogen-bond acceptors (Lipinski definition) is 3. The van der Waals surface area contributed by atoms with Gasteiger partial charge in [0.05, 0.1) is 0 Å². The zero-order valence-corrected chi connectivity index (χ0v) is 16.8. The Labute approximate surface area is 169 Å². The van der Waals surface area contributed by atoms with Gasteiger partial charge in [-0.2, -0.15) is 0 Å². The van der Waals surface area contributed by atoms with Gasteiger partial charge in [0, 0.05) is 35.3 Å². The number of hydrogen-bond donors (Lipinski definition) is 2. The van der Waals surface area contributed by atoms with Crippen LogP contribution in [0.15, 0.2) is 53.4 Å². The minimum absolute atomic E-state index is 0.131. The molecule has 2 aromatic rings. The summed E-state index contributed by atoms with van der Waals surface area (Å²) in [5.41, 5.74) is 1.96. The molecule has 2 saturated heterocycles. The number of benzene rings is 2. The fourth-order valence-electron chi connectivity index (χ4n) is 4.48. The Hall–Kier alpha value is -2.05. The van der Waals surface area contributed by atoms with E-state index in [0.717, 1.165) is 30.6 Å². The number of amides is 2. The van der Waals surface area contributed by atoms with Crippen LogP contribution in [0.5, 0.6) is 0 Å². The molecule has 0 spiro atoms. The molecule has 6 heteroatoms. The maximum absolute atomic E-state index is 13.1. The number of anilines is 1. The minimum Gasteiger partial charge on any atom is -0.335 e. The van der Waals surface area contributed by atoms with Gasteiger partial charge in [0.25, 0.3) is 0 Å². The molecule has 148 valence electrons. The normalized spacial score (nSPS) is 24.1. The molecule has 2 N–H and O–H groups in total. The number of thioether (sulfide) groups is 1. The summed E-state index contributed by atoms with van der Waals surface area (Å²) < 4.78 is 13.1. The largest absolute Gasteiger partial charge is 0.335 e. The smallest absolute Gasteiger partial charge is 0.319 e. The molecule has 4 nitrogen and oxygen atoms in total. The van der Waals surface area contributed by atoms with E-state index in [2.05, 4.69) is 15.5 Å². The minimum atomic E-state index is -0.191. The molecule has 3 atom stereocenters. The van der Waals surface area contributed by atoms with Crippen LogP contribution in [-0.2, 0) is 6.54 Å². The van der Waals surface area contributed by atoms with E-state index in [1.54, 1.807) is 11.8 Å². The number of piperidine rings is 1. The molecule has 2 fully saturated rings. The van der Waals surface area contributed by atoms with Crippen LogP contribution in [0.2, 0.25) is 0 Å². The fraction of sp³-hybridized carbons (Fsp3) is 0.409. The molecule has 0 saturated carbocycles. The van der Waals surface area contributed by atoms with Crippen LogP contribution in [0, 0.1) is 5.82 Å². The summed E-state index contributed by atoms with van der Waals surface area (Å²) in [7, 11) is 0. The first kappa shape index (κ1) is 19.3. The summed E-state index contributed by atoms with van der Waals surface area (Å²) in [5, 5.41) is 6.10. The summed E-state index contributed by atoms with van der Waals surface area (Å²) in [5.74, 6) is -0.191. The third kappa shape index (κ3) is 4.50. The van der Waals surface area contributed by atoms with Gasteiger partial charge in [0.15, 0.2) is 0 Å². The van der Waals surface area contributed by atoms with Gasteiger partial charge in [-0.05, 0) is 73.9 Å². The van der Waals surface area contributed by atoms with Crippen LogP contribution in [0.1, 0.15) is 31.2 Å². The first-order valence-electron chi connectivity index (χ1n) is 9.82. The third-order valence-corrected chi connectivity index (χ3v) is 6.59. The van der Waals surface area contributed by atoms with Crippen LogP contribution in [0.4, 0.5) is 14.9 Å². The lowest BCUT2D eigenvalue weighted by molar-refractivity contribution is 0.112. The quantitative estimate of drug-likeness (QED) is 0.706. The summed E-state index contributed by atoms with van der Waals surface area (Å²) in [6, 6.07) is 15.7. The number of fused-ring (bicyclic) bond motifs is 2. The summed E-state index contributed by atoms with van der Waals surface area (Å²) >= 11 is 1.68. The molecule has 2 bridgehead atoms. The molecular weight excluding hydrogens is 373 g/mol. The lowest BCUT2D eigenvalue weighted by Gasteiger charge is -2.39. The van der Waals surface area contributed by atoms with Crippen molar-refractivity contribution in [3.8, 4) is 0 Å². The molecule has 2 aliphatic rings. The third-order valence-electron chi connectivity index (χ3n) is 5.85. The predicted octanol–water partition coefficient (Wildman–Crippen LogP) is 4.86. The Bertz CT molecular complexity index is 798. The van der Waals surface area contributed by atoms with Gasteiger partial charge in [-0.15, -0.1) is 11.8 Å². The second kappa shape index (κ2) is 8.53. The number of carbonyl (C=O) groups is 1. The number of nitrogens with zero attached hydrogens (tertiary/aromatic N) is 1. The van der Waals surface area contributed by atoms with E-state index in [0.29, 0.717) is 12.1 Å². The maximum Gasteiger partial charge on any atom is 0.319 e. The van der Waals surface area contributed by atoms with Gasteiger partial charge in [-0.25, -0.2) is 9.18 Å². The SMILES string of the molecule is CSc1ccc(NC(=O)NC2C[C@H]3CC[C@@H](C2)N3Cc2ccc(F)cc2)cc1. The van der Waals surface area contributed by atoms with E-state index in [1.165, 1.54) is 29.9 Å². The van der Waals surface area contributed by atoms with Crippen molar-refractivity contribution >= 4 is 23.5 Å². The van der Waals surface area contributed by atoms with Crippen molar-refractivity contribution in [3.05, 3.63) is 59.9 Å². The average molecular weight is 400 g/mol. The van der Waals surface area contributed by atoms with Crippen molar-refractivity contribution in [1.82, 2.24) is 10.2 Å². The predicted molar refractivity (Wildman–Crippen MR) is 112 cm³/mol.